The predicted octanol–water partition coefficient (Wildman–Crippen LogP) is 3.80. The molecule has 0 amide bonds. The molecule has 0 bridgehead atoms. The van der Waals surface area contributed by atoms with Crippen molar-refractivity contribution in [3.05, 3.63) is 28.2 Å². The van der Waals surface area contributed by atoms with E-state index in [1.54, 1.807) is 0 Å². The van der Waals surface area contributed by atoms with Crippen molar-refractivity contribution in [1.82, 2.24) is 5.32 Å². The number of benzene rings is 1. The highest BCUT2D eigenvalue weighted by molar-refractivity contribution is 9.10. The molecule has 0 radical (unpaired) electrons. The van der Waals surface area contributed by atoms with Gasteiger partial charge in [0.2, 0.25) is 0 Å². The topological polar surface area (TPSA) is 21.3 Å². The highest BCUT2D eigenvalue weighted by Crippen LogP contribution is 2.35. The Morgan fingerprint density at radius 1 is 1.18 bits per heavy atom. The molecule has 0 spiro atoms. The number of hydrogen-bond acceptors (Lipinski definition) is 2. The molecule has 3 rings (SSSR count). The van der Waals surface area contributed by atoms with E-state index in [0.717, 1.165) is 23.2 Å². The molecule has 0 aromatic heterocycles. The summed E-state index contributed by atoms with van der Waals surface area (Å²) in [7, 11) is 0. The van der Waals surface area contributed by atoms with E-state index in [4.69, 9.17) is 4.74 Å². The number of rotatable bonds is 2. The fourth-order valence-electron chi connectivity index (χ4n) is 2.92. The van der Waals surface area contributed by atoms with Gasteiger partial charge in [-0.15, -0.1) is 0 Å². The van der Waals surface area contributed by atoms with Crippen molar-refractivity contribution in [1.29, 1.82) is 0 Å². The van der Waals surface area contributed by atoms with Gasteiger partial charge in [-0.3, -0.25) is 0 Å². The van der Waals surface area contributed by atoms with Crippen LogP contribution in [0.5, 0.6) is 5.75 Å². The van der Waals surface area contributed by atoms with Crippen LogP contribution < -0.4 is 10.1 Å². The standard InChI is InChI=1S/C14H18BrNO/c15-10-5-6-14-12(9-10)13(7-8-17-14)16-11-3-1-2-4-11/h5-6,9,11,13,16H,1-4,7-8H2. The SMILES string of the molecule is Brc1ccc2c(c1)C(NC1CCCC1)CCO2. The van der Waals surface area contributed by atoms with E-state index in [0.29, 0.717) is 12.1 Å². The summed E-state index contributed by atoms with van der Waals surface area (Å²) >= 11 is 3.55. The van der Waals surface area contributed by atoms with E-state index in [-0.39, 0.29) is 0 Å². The molecule has 1 unspecified atom stereocenters. The van der Waals surface area contributed by atoms with Crippen LogP contribution in [-0.2, 0) is 0 Å². The monoisotopic (exact) mass is 295 g/mol. The van der Waals surface area contributed by atoms with Crippen LogP contribution in [0.1, 0.15) is 43.7 Å². The fourth-order valence-corrected chi connectivity index (χ4v) is 3.29. The van der Waals surface area contributed by atoms with E-state index in [9.17, 15) is 0 Å². The molecular formula is C14H18BrNO. The van der Waals surface area contributed by atoms with Gasteiger partial charge in [0.05, 0.1) is 6.61 Å². The Bertz CT molecular complexity index is 401. The van der Waals surface area contributed by atoms with Crippen molar-refractivity contribution in [3.8, 4) is 5.75 Å². The van der Waals surface area contributed by atoms with Crippen molar-refractivity contribution in [3.63, 3.8) is 0 Å². The van der Waals surface area contributed by atoms with Gasteiger partial charge in [0, 0.05) is 28.5 Å². The molecule has 1 N–H and O–H groups in total. The molecule has 1 heterocycles. The third-order valence-electron chi connectivity index (χ3n) is 3.80. The van der Waals surface area contributed by atoms with Crippen LogP contribution >= 0.6 is 15.9 Å². The van der Waals surface area contributed by atoms with Crippen LogP contribution in [0.2, 0.25) is 0 Å². The van der Waals surface area contributed by atoms with Crippen LogP contribution in [-0.4, -0.2) is 12.6 Å². The molecule has 3 heteroatoms. The van der Waals surface area contributed by atoms with Gasteiger partial charge in [0.1, 0.15) is 5.75 Å². The first-order valence-electron chi connectivity index (χ1n) is 6.51. The van der Waals surface area contributed by atoms with Gasteiger partial charge in [-0.25, -0.2) is 0 Å². The minimum Gasteiger partial charge on any atom is -0.493 e. The lowest BCUT2D eigenvalue weighted by molar-refractivity contribution is 0.244. The lowest BCUT2D eigenvalue weighted by Crippen LogP contribution is -2.33. The summed E-state index contributed by atoms with van der Waals surface area (Å²) in [6.07, 6.45) is 6.51. The fraction of sp³-hybridized carbons (Fsp3) is 0.571. The van der Waals surface area contributed by atoms with E-state index >= 15 is 0 Å². The lowest BCUT2D eigenvalue weighted by Gasteiger charge is -2.29. The first-order valence-corrected chi connectivity index (χ1v) is 7.30. The molecule has 1 saturated carbocycles. The maximum Gasteiger partial charge on any atom is 0.124 e. The Hall–Kier alpha value is -0.540. The second-order valence-corrected chi connectivity index (χ2v) is 5.94. The summed E-state index contributed by atoms with van der Waals surface area (Å²) in [5.74, 6) is 1.05. The van der Waals surface area contributed by atoms with E-state index in [2.05, 4.69) is 39.4 Å². The van der Waals surface area contributed by atoms with Crippen molar-refractivity contribution < 1.29 is 4.74 Å². The number of nitrogens with one attached hydrogen (secondary N) is 1. The summed E-state index contributed by atoms with van der Waals surface area (Å²) in [4.78, 5) is 0. The van der Waals surface area contributed by atoms with E-state index in [1.807, 2.05) is 0 Å². The molecule has 1 fully saturated rings. The van der Waals surface area contributed by atoms with E-state index in [1.165, 1.54) is 31.2 Å². The zero-order valence-corrected chi connectivity index (χ0v) is 11.5. The highest BCUT2D eigenvalue weighted by atomic mass is 79.9. The van der Waals surface area contributed by atoms with Crippen LogP contribution in [0.25, 0.3) is 0 Å². The van der Waals surface area contributed by atoms with E-state index < -0.39 is 0 Å². The summed E-state index contributed by atoms with van der Waals surface area (Å²) in [5.41, 5.74) is 1.32. The Morgan fingerprint density at radius 3 is 2.82 bits per heavy atom. The second kappa shape index (κ2) is 4.99. The van der Waals surface area contributed by atoms with Crippen LogP contribution in [0.3, 0.4) is 0 Å². The molecule has 1 aliphatic carbocycles. The van der Waals surface area contributed by atoms with Gasteiger partial charge < -0.3 is 10.1 Å². The lowest BCUT2D eigenvalue weighted by atomic mass is 9.99. The zero-order chi connectivity index (χ0) is 11.7. The Balaban J connectivity index is 1.80. The van der Waals surface area contributed by atoms with Gasteiger partial charge in [0.15, 0.2) is 0 Å². The Morgan fingerprint density at radius 2 is 2.00 bits per heavy atom. The number of fused-ring (bicyclic) bond motifs is 1. The van der Waals surface area contributed by atoms with Crippen LogP contribution in [0.15, 0.2) is 22.7 Å². The average molecular weight is 296 g/mol. The third kappa shape index (κ3) is 2.50. The molecule has 2 aliphatic rings. The first kappa shape index (κ1) is 11.5. The molecule has 1 aromatic rings. The number of ether oxygens (including phenoxy) is 1. The second-order valence-electron chi connectivity index (χ2n) is 5.02. The minimum absolute atomic E-state index is 0.472. The van der Waals surface area contributed by atoms with Crippen molar-refractivity contribution in [2.24, 2.45) is 0 Å². The van der Waals surface area contributed by atoms with Gasteiger partial charge in [0.25, 0.3) is 0 Å². The highest BCUT2D eigenvalue weighted by Gasteiger charge is 2.25. The minimum atomic E-state index is 0.472. The quantitative estimate of drug-likeness (QED) is 0.896. The number of hydrogen-bond donors (Lipinski definition) is 1. The third-order valence-corrected chi connectivity index (χ3v) is 4.30. The molecule has 1 aromatic carbocycles. The average Bonchev–Trinajstić information content (AvgIpc) is 2.83. The maximum atomic E-state index is 5.71. The molecule has 1 atom stereocenters. The molecule has 0 saturated heterocycles. The Labute approximate surface area is 111 Å². The molecule has 1 aliphatic heterocycles. The summed E-state index contributed by atoms with van der Waals surface area (Å²) in [6.45, 7) is 0.832. The molecule has 2 nitrogen and oxygen atoms in total. The van der Waals surface area contributed by atoms with Crippen LogP contribution in [0.4, 0.5) is 0 Å². The molecule has 17 heavy (non-hydrogen) atoms. The maximum absolute atomic E-state index is 5.71. The molecule has 92 valence electrons. The normalized spacial score (nSPS) is 24.4. The summed E-state index contributed by atoms with van der Waals surface area (Å²) < 4.78 is 6.85. The van der Waals surface area contributed by atoms with Gasteiger partial charge in [-0.05, 0) is 31.0 Å². The van der Waals surface area contributed by atoms with Crippen molar-refractivity contribution in [2.75, 3.05) is 6.61 Å². The van der Waals surface area contributed by atoms with Gasteiger partial charge in [-0.1, -0.05) is 28.8 Å². The molecular weight excluding hydrogens is 278 g/mol. The Kier molecular flexibility index (Phi) is 3.39. The van der Waals surface area contributed by atoms with Crippen molar-refractivity contribution >= 4 is 15.9 Å². The summed E-state index contributed by atoms with van der Waals surface area (Å²) in [6, 6.07) is 7.50. The van der Waals surface area contributed by atoms with Crippen molar-refractivity contribution in [2.45, 2.75) is 44.2 Å². The predicted molar refractivity (Wildman–Crippen MR) is 72.4 cm³/mol. The van der Waals surface area contributed by atoms with Gasteiger partial charge >= 0.3 is 0 Å². The van der Waals surface area contributed by atoms with Gasteiger partial charge in [-0.2, -0.15) is 0 Å². The first-order chi connectivity index (χ1) is 8.33. The van der Waals surface area contributed by atoms with Crippen LogP contribution in [0, 0.1) is 0 Å². The smallest absolute Gasteiger partial charge is 0.124 e. The largest absolute Gasteiger partial charge is 0.493 e. The summed E-state index contributed by atoms with van der Waals surface area (Å²) in [5, 5.41) is 3.80. The number of halogens is 1. The zero-order valence-electron chi connectivity index (χ0n) is 9.92.